The molecule has 0 radical (unpaired) electrons. The summed E-state index contributed by atoms with van der Waals surface area (Å²) in [4.78, 5) is 12.3. The number of aliphatic imine (C=N–C) groups is 2. The van der Waals surface area contributed by atoms with Gasteiger partial charge in [-0.05, 0) is 93.6 Å². The van der Waals surface area contributed by atoms with E-state index in [9.17, 15) is 0 Å². The van der Waals surface area contributed by atoms with Gasteiger partial charge in [-0.1, -0.05) is 60.5 Å². The zero-order valence-corrected chi connectivity index (χ0v) is 21.8. The number of benzene rings is 3. The van der Waals surface area contributed by atoms with E-state index in [2.05, 4.69) is 76.9 Å². The van der Waals surface area contributed by atoms with Gasteiger partial charge in [-0.15, -0.1) is 0 Å². The summed E-state index contributed by atoms with van der Waals surface area (Å²) in [6.45, 7) is 3.81. The Hall–Kier alpha value is -2.09. The standard InChI is InChI=1S/C26H23Cl2IN4/c1-2-16-14-31-24-26(32-25(30)33(24)15-16,19-6-8-23(29)9-7-19)20-5-3-4-17(10-20)18-11-21(27)13-22(28)12-18/h3-13,16H,2,14-15H2,1H3,(H2,30,32). The Morgan fingerprint density at radius 1 is 1.00 bits per heavy atom. The monoisotopic (exact) mass is 588 g/mol. The summed E-state index contributed by atoms with van der Waals surface area (Å²) in [7, 11) is 0. The number of rotatable bonds is 4. The average molecular weight is 589 g/mol. The van der Waals surface area contributed by atoms with Gasteiger partial charge in [0, 0.05) is 26.7 Å². The minimum absolute atomic E-state index is 0.468. The zero-order valence-electron chi connectivity index (χ0n) is 18.1. The van der Waals surface area contributed by atoms with Crippen LogP contribution in [-0.4, -0.2) is 29.8 Å². The molecule has 2 heterocycles. The second-order valence-corrected chi connectivity index (χ2v) is 10.6. The molecule has 0 spiro atoms. The van der Waals surface area contributed by atoms with Crippen LogP contribution >= 0.6 is 45.8 Å². The van der Waals surface area contributed by atoms with Crippen molar-refractivity contribution in [1.29, 1.82) is 0 Å². The van der Waals surface area contributed by atoms with Crippen LogP contribution in [0.4, 0.5) is 0 Å². The van der Waals surface area contributed by atoms with Crippen molar-refractivity contribution in [2.75, 3.05) is 13.1 Å². The average Bonchev–Trinajstić information content (AvgIpc) is 3.11. The Kier molecular flexibility index (Phi) is 6.14. The van der Waals surface area contributed by atoms with E-state index in [0.717, 1.165) is 51.2 Å². The predicted octanol–water partition coefficient (Wildman–Crippen LogP) is 6.58. The second kappa shape index (κ2) is 8.93. The van der Waals surface area contributed by atoms with Crippen molar-refractivity contribution in [3.8, 4) is 11.1 Å². The van der Waals surface area contributed by atoms with Crippen LogP contribution < -0.4 is 5.73 Å². The maximum absolute atomic E-state index is 6.53. The summed E-state index contributed by atoms with van der Waals surface area (Å²) in [5.41, 5.74) is 9.75. The summed E-state index contributed by atoms with van der Waals surface area (Å²) < 4.78 is 1.16. The summed E-state index contributed by atoms with van der Waals surface area (Å²) in [6.07, 6.45) is 1.06. The Morgan fingerprint density at radius 2 is 1.73 bits per heavy atom. The van der Waals surface area contributed by atoms with E-state index < -0.39 is 5.54 Å². The van der Waals surface area contributed by atoms with Crippen LogP contribution in [0.5, 0.6) is 0 Å². The van der Waals surface area contributed by atoms with Crippen molar-refractivity contribution in [2.24, 2.45) is 21.6 Å². The fourth-order valence-electron chi connectivity index (χ4n) is 4.64. The van der Waals surface area contributed by atoms with E-state index in [1.807, 2.05) is 18.2 Å². The molecule has 5 rings (SSSR count). The number of amidine groups is 1. The maximum Gasteiger partial charge on any atom is 0.198 e. The molecule has 7 heteroatoms. The van der Waals surface area contributed by atoms with Crippen molar-refractivity contribution >= 4 is 57.6 Å². The van der Waals surface area contributed by atoms with E-state index in [0.29, 0.717) is 21.9 Å². The molecule has 0 amide bonds. The first-order chi connectivity index (χ1) is 15.9. The zero-order chi connectivity index (χ0) is 23.2. The van der Waals surface area contributed by atoms with Crippen molar-refractivity contribution in [1.82, 2.24) is 4.90 Å². The molecule has 0 bridgehead atoms. The van der Waals surface area contributed by atoms with Gasteiger partial charge in [0.25, 0.3) is 0 Å². The Labute approximate surface area is 217 Å². The van der Waals surface area contributed by atoms with Gasteiger partial charge in [0.05, 0.1) is 0 Å². The molecule has 2 aliphatic rings. The number of hydrogen-bond acceptors (Lipinski definition) is 4. The molecule has 0 saturated carbocycles. The molecule has 2 N–H and O–H groups in total. The molecule has 0 aromatic heterocycles. The van der Waals surface area contributed by atoms with Crippen LogP contribution in [0.25, 0.3) is 11.1 Å². The highest BCUT2D eigenvalue weighted by atomic mass is 127. The van der Waals surface area contributed by atoms with E-state index in [-0.39, 0.29) is 0 Å². The predicted molar refractivity (Wildman–Crippen MR) is 146 cm³/mol. The maximum atomic E-state index is 6.53. The molecule has 2 aliphatic heterocycles. The minimum Gasteiger partial charge on any atom is -0.369 e. The third kappa shape index (κ3) is 4.04. The molecular formula is C26H23Cl2IN4. The third-order valence-corrected chi connectivity index (χ3v) is 7.55. The molecule has 0 aliphatic carbocycles. The van der Waals surface area contributed by atoms with Gasteiger partial charge in [-0.3, -0.25) is 9.89 Å². The lowest BCUT2D eigenvalue weighted by atomic mass is 9.80. The van der Waals surface area contributed by atoms with Gasteiger partial charge in [0.1, 0.15) is 5.84 Å². The Morgan fingerprint density at radius 3 is 2.42 bits per heavy atom. The number of guanidine groups is 1. The summed E-state index contributed by atoms with van der Waals surface area (Å²) in [6, 6.07) is 22.4. The Bertz CT molecular complexity index is 1250. The molecule has 33 heavy (non-hydrogen) atoms. The van der Waals surface area contributed by atoms with Crippen molar-refractivity contribution < 1.29 is 0 Å². The normalized spacial score (nSPS) is 22.1. The second-order valence-electron chi connectivity index (χ2n) is 8.48. The third-order valence-electron chi connectivity index (χ3n) is 6.39. The van der Waals surface area contributed by atoms with Crippen LogP contribution in [-0.2, 0) is 5.54 Å². The highest BCUT2D eigenvalue weighted by Crippen LogP contribution is 2.43. The SMILES string of the molecule is CCC1CN=C2N(C1)C(N)=NC2(c1ccc(I)cc1)c1cccc(-c2cc(Cl)cc(Cl)c2)c1. The highest BCUT2D eigenvalue weighted by molar-refractivity contribution is 14.1. The smallest absolute Gasteiger partial charge is 0.198 e. The summed E-state index contributed by atoms with van der Waals surface area (Å²) >= 11 is 14.9. The highest BCUT2D eigenvalue weighted by Gasteiger charge is 2.50. The molecule has 3 aromatic rings. The van der Waals surface area contributed by atoms with Gasteiger partial charge in [0.15, 0.2) is 11.5 Å². The molecular weight excluding hydrogens is 566 g/mol. The van der Waals surface area contributed by atoms with E-state index in [1.54, 1.807) is 6.07 Å². The molecule has 3 aromatic carbocycles. The Balaban J connectivity index is 1.72. The lowest BCUT2D eigenvalue weighted by molar-refractivity contribution is 0.395. The van der Waals surface area contributed by atoms with E-state index in [4.69, 9.17) is 38.9 Å². The number of hydrogen-bond donors (Lipinski definition) is 1. The number of nitrogens with two attached hydrogens (primary N) is 1. The van der Waals surface area contributed by atoms with Crippen LogP contribution in [0.15, 0.2) is 76.7 Å². The first-order valence-corrected chi connectivity index (χ1v) is 12.7. The van der Waals surface area contributed by atoms with Crippen molar-refractivity contribution in [3.63, 3.8) is 0 Å². The lowest BCUT2D eigenvalue weighted by Gasteiger charge is -2.35. The largest absolute Gasteiger partial charge is 0.369 e. The van der Waals surface area contributed by atoms with Gasteiger partial charge < -0.3 is 5.73 Å². The molecule has 168 valence electrons. The van der Waals surface area contributed by atoms with Crippen molar-refractivity contribution in [3.05, 3.63) is 91.5 Å². The van der Waals surface area contributed by atoms with Gasteiger partial charge in [0.2, 0.25) is 0 Å². The number of halogens is 3. The molecule has 2 atom stereocenters. The fourth-order valence-corrected chi connectivity index (χ4v) is 5.53. The minimum atomic E-state index is -0.800. The molecule has 0 fully saturated rings. The number of nitrogens with zero attached hydrogens (tertiary/aromatic N) is 3. The van der Waals surface area contributed by atoms with Crippen molar-refractivity contribution in [2.45, 2.75) is 18.9 Å². The van der Waals surface area contributed by atoms with Crippen LogP contribution in [0, 0.1) is 9.49 Å². The molecule has 0 saturated heterocycles. The summed E-state index contributed by atoms with van der Waals surface area (Å²) in [5.74, 6) is 1.88. The summed E-state index contributed by atoms with van der Waals surface area (Å²) in [5, 5.41) is 1.21. The lowest BCUT2D eigenvalue weighted by Crippen LogP contribution is -2.49. The van der Waals surface area contributed by atoms with Gasteiger partial charge in [-0.2, -0.15) is 0 Å². The van der Waals surface area contributed by atoms with Gasteiger partial charge >= 0.3 is 0 Å². The molecule has 4 nitrogen and oxygen atoms in total. The van der Waals surface area contributed by atoms with Crippen LogP contribution in [0.2, 0.25) is 10.0 Å². The van der Waals surface area contributed by atoms with E-state index >= 15 is 0 Å². The van der Waals surface area contributed by atoms with Gasteiger partial charge in [-0.25, -0.2) is 4.99 Å². The molecule has 2 unspecified atom stereocenters. The fraction of sp³-hybridized carbons (Fsp3) is 0.231. The van der Waals surface area contributed by atoms with E-state index in [1.165, 1.54) is 0 Å². The van der Waals surface area contributed by atoms with Crippen LogP contribution in [0.3, 0.4) is 0 Å². The van der Waals surface area contributed by atoms with Crippen LogP contribution in [0.1, 0.15) is 24.5 Å². The quantitative estimate of drug-likeness (QED) is 0.350. The number of fused-ring (bicyclic) bond motifs is 1. The first-order valence-electron chi connectivity index (χ1n) is 10.9. The first kappa shape index (κ1) is 22.7. The topological polar surface area (TPSA) is 54.0 Å².